The number of amides is 2. The van der Waals surface area contributed by atoms with Crippen LogP contribution in [0.4, 0.5) is 23.7 Å². The first-order valence-corrected chi connectivity index (χ1v) is 8.16. The van der Waals surface area contributed by atoms with Crippen LogP contribution in [0.15, 0.2) is 54.6 Å². The highest BCUT2D eigenvalue weighted by Gasteiger charge is 2.64. The summed E-state index contributed by atoms with van der Waals surface area (Å²) < 4.78 is 46.9. The number of anilines is 1. The van der Waals surface area contributed by atoms with Crippen molar-refractivity contribution in [3.05, 3.63) is 65.7 Å². The van der Waals surface area contributed by atoms with Crippen LogP contribution in [0.3, 0.4) is 0 Å². The number of rotatable bonds is 5. The lowest BCUT2D eigenvalue weighted by atomic mass is 9.89. The van der Waals surface area contributed by atoms with Gasteiger partial charge in [-0.25, -0.2) is 9.59 Å². The number of aryl methyl sites for hydroxylation is 1. The average Bonchev–Trinajstić information content (AvgIpc) is 2.61. The molecule has 0 aliphatic heterocycles. The smallest absolute Gasteiger partial charge is 0.426 e. The number of hydrogen-bond donors (Lipinski definition) is 2. The van der Waals surface area contributed by atoms with Gasteiger partial charge in [-0.05, 0) is 31.0 Å². The third-order valence-electron chi connectivity index (χ3n) is 3.91. The number of urea groups is 1. The molecule has 2 amide bonds. The molecular formula is C19H19F3N2O3. The first-order valence-electron chi connectivity index (χ1n) is 8.16. The molecule has 2 aromatic carbocycles. The van der Waals surface area contributed by atoms with E-state index in [1.807, 2.05) is 0 Å². The van der Waals surface area contributed by atoms with Gasteiger partial charge in [0.2, 0.25) is 0 Å². The summed E-state index contributed by atoms with van der Waals surface area (Å²) in [5.41, 5.74) is -2.81. The van der Waals surface area contributed by atoms with Gasteiger partial charge in [-0.2, -0.15) is 13.2 Å². The normalized spacial score (nSPS) is 13.4. The predicted octanol–water partition coefficient (Wildman–Crippen LogP) is 4.14. The van der Waals surface area contributed by atoms with E-state index in [9.17, 15) is 22.8 Å². The quantitative estimate of drug-likeness (QED) is 0.767. The Morgan fingerprint density at radius 1 is 1.00 bits per heavy atom. The minimum atomic E-state index is -5.14. The van der Waals surface area contributed by atoms with Crippen molar-refractivity contribution in [3.63, 3.8) is 0 Å². The molecule has 0 heterocycles. The van der Waals surface area contributed by atoms with E-state index >= 15 is 0 Å². The van der Waals surface area contributed by atoms with Gasteiger partial charge in [-0.1, -0.05) is 48.5 Å². The third-order valence-corrected chi connectivity index (χ3v) is 3.91. The maximum atomic E-state index is 14.1. The van der Waals surface area contributed by atoms with E-state index in [2.05, 4.69) is 10.1 Å². The summed E-state index contributed by atoms with van der Waals surface area (Å²) >= 11 is 0. The zero-order valence-electron chi connectivity index (χ0n) is 14.8. The van der Waals surface area contributed by atoms with Crippen LogP contribution in [0.1, 0.15) is 18.1 Å². The Labute approximate surface area is 154 Å². The van der Waals surface area contributed by atoms with E-state index in [4.69, 9.17) is 0 Å². The molecule has 0 saturated carbocycles. The summed E-state index contributed by atoms with van der Waals surface area (Å²) in [4.78, 5) is 24.8. The highest BCUT2D eigenvalue weighted by atomic mass is 19.4. The molecule has 0 fully saturated rings. The van der Waals surface area contributed by atoms with Crippen molar-refractivity contribution in [3.8, 4) is 0 Å². The fourth-order valence-corrected chi connectivity index (χ4v) is 2.56. The topological polar surface area (TPSA) is 67.4 Å². The molecule has 144 valence electrons. The average molecular weight is 380 g/mol. The lowest BCUT2D eigenvalue weighted by molar-refractivity contribution is -0.213. The highest BCUT2D eigenvalue weighted by Crippen LogP contribution is 2.40. The van der Waals surface area contributed by atoms with E-state index in [1.54, 1.807) is 30.4 Å². The first-order chi connectivity index (χ1) is 12.7. The predicted molar refractivity (Wildman–Crippen MR) is 94.1 cm³/mol. The van der Waals surface area contributed by atoms with Crippen molar-refractivity contribution in [2.75, 3.05) is 11.9 Å². The Morgan fingerprint density at radius 2 is 1.59 bits per heavy atom. The van der Waals surface area contributed by atoms with Crippen LogP contribution in [0.25, 0.3) is 0 Å². The Kier molecular flexibility index (Phi) is 6.09. The first kappa shape index (κ1) is 20.3. The van der Waals surface area contributed by atoms with Crippen LogP contribution in [-0.4, -0.2) is 24.8 Å². The second-order valence-electron chi connectivity index (χ2n) is 5.73. The van der Waals surface area contributed by atoms with Crippen LogP contribution in [-0.2, 0) is 15.1 Å². The number of benzene rings is 2. The number of alkyl halides is 3. The van der Waals surface area contributed by atoms with Crippen molar-refractivity contribution in [1.82, 2.24) is 5.32 Å². The minimum Gasteiger partial charge on any atom is -0.464 e. The fourth-order valence-electron chi connectivity index (χ4n) is 2.56. The summed E-state index contributed by atoms with van der Waals surface area (Å²) in [5, 5.41) is 4.14. The maximum absolute atomic E-state index is 14.1. The Hall–Kier alpha value is -3.03. The zero-order chi connectivity index (χ0) is 20.1. The van der Waals surface area contributed by atoms with Gasteiger partial charge in [0.1, 0.15) is 0 Å². The van der Waals surface area contributed by atoms with E-state index in [0.717, 1.165) is 12.1 Å². The summed E-state index contributed by atoms with van der Waals surface area (Å²) in [5.74, 6) is -1.61. The van der Waals surface area contributed by atoms with Gasteiger partial charge in [0.25, 0.3) is 5.54 Å². The highest BCUT2D eigenvalue weighted by molar-refractivity contribution is 5.96. The van der Waals surface area contributed by atoms with Crippen LogP contribution in [0, 0.1) is 6.92 Å². The molecule has 8 heteroatoms. The van der Waals surface area contributed by atoms with Crippen LogP contribution < -0.4 is 10.6 Å². The van der Waals surface area contributed by atoms with Gasteiger partial charge < -0.3 is 15.4 Å². The van der Waals surface area contributed by atoms with Crippen molar-refractivity contribution < 1.29 is 27.5 Å². The summed E-state index contributed by atoms with van der Waals surface area (Å²) in [7, 11) is 0. The molecule has 2 rings (SSSR count). The molecule has 2 aromatic rings. The van der Waals surface area contributed by atoms with Gasteiger partial charge >= 0.3 is 18.2 Å². The lowest BCUT2D eigenvalue weighted by Crippen LogP contribution is -2.62. The lowest BCUT2D eigenvalue weighted by Gasteiger charge is -2.34. The molecule has 0 unspecified atom stereocenters. The Morgan fingerprint density at radius 3 is 2.15 bits per heavy atom. The molecule has 5 nitrogen and oxygen atoms in total. The van der Waals surface area contributed by atoms with E-state index in [-0.39, 0.29) is 6.61 Å². The number of hydrogen-bond acceptors (Lipinski definition) is 3. The summed E-state index contributed by atoms with van der Waals surface area (Å²) in [6.07, 6.45) is -5.14. The fraction of sp³-hybridized carbons (Fsp3) is 0.263. The minimum absolute atomic E-state index is 0.273. The SMILES string of the molecule is CCOC(=O)[C@@](NC(=O)Nc1ccccc1C)(c1ccccc1)C(F)(F)F. The molecule has 0 aromatic heterocycles. The zero-order valence-corrected chi connectivity index (χ0v) is 14.8. The number of carbonyl (C=O) groups is 2. The number of esters is 1. The molecule has 1 atom stereocenters. The van der Waals surface area contributed by atoms with Crippen LogP contribution in [0.5, 0.6) is 0 Å². The van der Waals surface area contributed by atoms with Gasteiger partial charge in [0.05, 0.1) is 6.61 Å². The van der Waals surface area contributed by atoms with Crippen molar-refractivity contribution >= 4 is 17.7 Å². The summed E-state index contributed by atoms with van der Waals surface area (Å²) in [6, 6.07) is 11.8. The molecule has 0 saturated heterocycles. The monoisotopic (exact) mass is 380 g/mol. The molecule has 27 heavy (non-hydrogen) atoms. The molecule has 0 spiro atoms. The number of carbonyl (C=O) groups excluding carboxylic acids is 2. The third kappa shape index (κ3) is 4.21. The van der Waals surface area contributed by atoms with Gasteiger partial charge in [-0.15, -0.1) is 0 Å². The Bertz CT molecular complexity index is 809. The van der Waals surface area contributed by atoms with E-state index in [1.165, 1.54) is 31.2 Å². The molecular weight excluding hydrogens is 361 g/mol. The largest absolute Gasteiger partial charge is 0.464 e. The van der Waals surface area contributed by atoms with Gasteiger partial charge in [0, 0.05) is 5.69 Å². The molecule has 0 aliphatic rings. The van der Waals surface area contributed by atoms with Crippen molar-refractivity contribution in [1.29, 1.82) is 0 Å². The van der Waals surface area contributed by atoms with Crippen molar-refractivity contribution in [2.45, 2.75) is 25.6 Å². The summed E-state index contributed by atoms with van der Waals surface area (Å²) in [6.45, 7) is 2.80. The molecule has 0 aliphatic carbocycles. The molecule has 2 N–H and O–H groups in total. The van der Waals surface area contributed by atoms with Crippen LogP contribution >= 0.6 is 0 Å². The van der Waals surface area contributed by atoms with E-state index in [0.29, 0.717) is 11.3 Å². The molecule has 0 radical (unpaired) electrons. The number of halogens is 3. The Balaban J connectivity index is 2.47. The van der Waals surface area contributed by atoms with Gasteiger partial charge in [-0.3, -0.25) is 0 Å². The number of para-hydroxylation sites is 1. The standard InChI is InChI=1S/C19H19F3N2O3/c1-3-27-16(25)18(19(20,21)22,14-10-5-4-6-11-14)24-17(26)23-15-12-8-7-9-13(15)2/h4-12H,3H2,1-2H3,(H2,23,24,26)/t18-/m0/s1. The van der Waals surface area contributed by atoms with Crippen molar-refractivity contribution in [2.24, 2.45) is 0 Å². The number of nitrogens with one attached hydrogen (secondary N) is 2. The van der Waals surface area contributed by atoms with E-state index < -0.39 is 29.3 Å². The maximum Gasteiger partial charge on any atom is 0.426 e. The van der Waals surface area contributed by atoms with Crippen LogP contribution in [0.2, 0.25) is 0 Å². The second-order valence-corrected chi connectivity index (χ2v) is 5.73. The second kappa shape index (κ2) is 8.11. The molecule has 0 bridgehead atoms. The number of ether oxygens (including phenoxy) is 1. The van der Waals surface area contributed by atoms with Gasteiger partial charge in [0.15, 0.2) is 0 Å².